The van der Waals surface area contributed by atoms with Crippen molar-refractivity contribution in [2.45, 2.75) is 20.5 Å². The van der Waals surface area contributed by atoms with Crippen molar-refractivity contribution in [1.82, 2.24) is 10.1 Å². The van der Waals surface area contributed by atoms with E-state index in [4.69, 9.17) is 25.3 Å². The average Bonchev–Trinajstić information content (AvgIpc) is 3.10. The molecule has 0 aliphatic rings. The molecule has 136 valence electrons. The van der Waals surface area contributed by atoms with E-state index in [-0.39, 0.29) is 6.61 Å². The lowest BCUT2D eigenvalue weighted by Gasteiger charge is -2.08. The van der Waals surface area contributed by atoms with Gasteiger partial charge in [0.05, 0.1) is 5.02 Å². The number of halogens is 1. The molecule has 0 atom stereocenters. The second-order valence-electron chi connectivity index (χ2n) is 6.20. The van der Waals surface area contributed by atoms with E-state index in [2.05, 4.69) is 10.1 Å². The Morgan fingerprint density at radius 2 is 2.00 bits per heavy atom. The fourth-order valence-corrected chi connectivity index (χ4v) is 3.00. The molecule has 0 unspecified atom stereocenters. The molecule has 2 heterocycles. The Labute approximate surface area is 159 Å². The van der Waals surface area contributed by atoms with Gasteiger partial charge in [-0.15, -0.1) is 0 Å². The molecule has 4 aromatic rings. The van der Waals surface area contributed by atoms with Crippen LogP contribution in [0, 0.1) is 13.8 Å². The summed E-state index contributed by atoms with van der Waals surface area (Å²) in [6, 6.07) is 12.5. The van der Waals surface area contributed by atoms with Gasteiger partial charge in [0.15, 0.2) is 6.61 Å². The van der Waals surface area contributed by atoms with E-state index in [0.717, 1.165) is 22.1 Å². The van der Waals surface area contributed by atoms with Crippen LogP contribution in [0.3, 0.4) is 0 Å². The van der Waals surface area contributed by atoms with Crippen molar-refractivity contribution in [1.29, 1.82) is 0 Å². The standard InChI is InChI=1S/C20H15ClN2O4/c1-11-4-3-5-13(6-11)20-22-18(23-27-20)10-25-17-9-16-14(8-15(17)21)12(2)7-19(24)26-16/h3-9H,10H2,1-2H3. The summed E-state index contributed by atoms with van der Waals surface area (Å²) in [5, 5.41) is 5.09. The maximum atomic E-state index is 11.6. The Morgan fingerprint density at radius 3 is 2.81 bits per heavy atom. The molecule has 4 rings (SSSR count). The number of rotatable bonds is 4. The molecular formula is C20H15ClN2O4. The SMILES string of the molecule is Cc1cccc(-c2nc(COc3cc4oc(=O)cc(C)c4cc3Cl)no2)c1. The second kappa shape index (κ2) is 6.89. The number of ether oxygens (including phenoxy) is 1. The van der Waals surface area contributed by atoms with Crippen molar-refractivity contribution in [3.8, 4) is 17.2 Å². The van der Waals surface area contributed by atoms with E-state index in [1.54, 1.807) is 12.1 Å². The maximum absolute atomic E-state index is 11.6. The van der Waals surface area contributed by atoms with Gasteiger partial charge in [-0.2, -0.15) is 4.98 Å². The van der Waals surface area contributed by atoms with Crippen LogP contribution < -0.4 is 10.4 Å². The van der Waals surface area contributed by atoms with Gasteiger partial charge in [0, 0.05) is 23.1 Å². The predicted molar refractivity (Wildman–Crippen MR) is 101 cm³/mol. The van der Waals surface area contributed by atoms with Crippen LogP contribution in [0.1, 0.15) is 17.0 Å². The largest absolute Gasteiger partial charge is 0.484 e. The van der Waals surface area contributed by atoms with Crippen molar-refractivity contribution >= 4 is 22.6 Å². The summed E-state index contributed by atoms with van der Waals surface area (Å²) in [6.45, 7) is 3.88. The normalized spacial score (nSPS) is 11.1. The molecule has 0 bridgehead atoms. The average molecular weight is 383 g/mol. The molecule has 0 aliphatic heterocycles. The number of aromatic nitrogens is 2. The zero-order valence-corrected chi connectivity index (χ0v) is 15.4. The molecule has 0 N–H and O–H groups in total. The quantitative estimate of drug-likeness (QED) is 0.476. The smallest absolute Gasteiger partial charge is 0.336 e. The molecular weight excluding hydrogens is 368 g/mol. The van der Waals surface area contributed by atoms with Crippen LogP contribution in [0.15, 0.2) is 56.2 Å². The third kappa shape index (κ3) is 3.57. The Balaban J connectivity index is 1.57. The van der Waals surface area contributed by atoms with Gasteiger partial charge < -0.3 is 13.7 Å². The van der Waals surface area contributed by atoms with Gasteiger partial charge in [0.2, 0.25) is 5.82 Å². The predicted octanol–water partition coefficient (Wildman–Crippen LogP) is 4.69. The molecule has 0 saturated heterocycles. The number of hydrogen-bond donors (Lipinski definition) is 0. The summed E-state index contributed by atoms with van der Waals surface area (Å²) < 4.78 is 16.2. The zero-order valence-electron chi connectivity index (χ0n) is 14.7. The Morgan fingerprint density at radius 1 is 1.15 bits per heavy atom. The molecule has 0 spiro atoms. The summed E-state index contributed by atoms with van der Waals surface area (Å²) in [5.74, 6) is 1.18. The molecule has 2 aromatic heterocycles. The summed E-state index contributed by atoms with van der Waals surface area (Å²) >= 11 is 6.29. The third-order valence-electron chi connectivity index (χ3n) is 4.09. The topological polar surface area (TPSA) is 78.4 Å². The van der Waals surface area contributed by atoms with Gasteiger partial charge in [-0.1, -0.05) is 34.5 Å². The van der Waals surface area contributed by atoms with Crippen LogP contribution in [-0.2, 0) is 6.61 Å². The van der Waals surface area contributed by atoms with E-state index >= 15 is 0 Å². The van der Waals surface area contributed by atoms with Crippen LogP contribution >= 0.6 is 11.6 Å². The lowest BCUT2D eigenvalue weighted by atomic mass is 10.1. The van der Waals surface area contributed by atoms with Gasteiger partial charge in [0.1, 0.15) is 11.3 Å². The maximum Gasteiger partial charge on any atom is 0.336 e. The summed E-state index contributed by atoms with van der Waals surface area (Å²) in [6.07, 6.45) is 0. The van der Waals surface area contributed by atoms with Crippen LogP contribution in [0.5, 0.6) is 5.75 Å². The Kier molecular flexibility index (Phi) is 4.41. The van der Waals surface area contributed by atoms with Crippen LogP contribution in [-0.4, -0.2) is 10.1 Å². The lowest BCUT2D eigenvalue weighted by molar-refractivity contribution is 0.287. The first-order valence-electron chi connectivity index (χ1n) is 8.26. The molecule has 0 saturated carbocycles. The van der Waals surface area contributed by atoms with E-state index in [1.165, 1.54) is 6.07 Å². The van der Waals surface area contributed by atoms with E-state index in [9.17, 15) is 4.79 Å². The number of benzene rings is 2. The van der Waals surface area contributed by atoms with Crippen molar-refractivity contribution in [2.24, 2.45) is 0 Å². The number of fused-ring (bicyclic) bond motifs is 1. The minimum Gasteiger partial charge on any atom is -0.484 e. The van der Waals surface area contributed by atoms with E-state index < -0.39 is 5.63 Å². The highest BCUT2D eigenvalue weighted by Gasteiger charge is 2.13. The monoisotopic (exact) mass is 382 g/mol. The Hall–Kier alpha value is -3.12. The fourth-order valence-electron chi connectivity index (χ4n) is 2.78. The van der Waals surface area contributed by atoms with Crippen LogP contribution in [0.4, 0.5) is 0 Å². The zero-order chi connectivity index (χ0) is 19.0. The fraction of sp³-hybridized carbons (Fsp3) is 0.150. The van der Waals surface area contributed by atoms with E-state index in [0.29, 0.717) is 28.1 Å². The molecule has 0 radical (unpaired) electrons. The third-order valence-corrected chi connectivity index (χ3v) is 4.39. The molecule has 7 heteroatoms. The molecule has 0 fully saturated rings. The minimum atomic E-state index is -0.422. The van der Waals surface area contributed by atoms with E-state index in [1.807, 2.05) is 38.1 Å². The van der Waals surface area contributed by atoms with Gasteiger partial charge in [0.25, 0.3) is 5.89 Å². The van der Waals surface area contributed by atoms with Gasteiger partial charge in [-0.25, -0.2) is 4.79 Å². The number of aryl methyl sites for hydroxylation is 2. The second-order valence-corrected chi connectivity index (χ2v) is 6.61. The molecule has 6 nitrogen and oxygen atoms in total. The summed E-state index contributed by atoms with van der Waals surface area (Å²) in [7, 11) is 0. The van der Waals surface area contributed by atoms with Gasteiger partial charge in [-0.05, 0) is 37.6 Å². The van der Waals surface area contributed by atoms with Crippen LogP contribution in [0.25, 0.3) is 22.4 Å². The highest BCUT2D eigenvalue weighted by molar-refractivity contribution is 6.32. The van der Waals surface area contributed by atoms with Gasteiger partial charge in [-0.3, -0.25) is 0 Å². The number of hydrogen-bond acceptors (Lipinski definition) is 6. The highest BCUT2D eigenvalue weighted by atomic mass is 35.5. The van der Waals surface area contributed by atoms with Crippen molar-refractivity contribution < 1.29 is 13.7 Å². The van der Waals surface area contributed by atoms with Crippen molar-refractivity contribution in [2.75, 3.05) is 0 Å². The molecule has 0 amide bonds. The number of nitrogens with zero attached hydrogens (tertiary/aromatic N) is 2. The first-order chi connectivity index (χ1) is 13.0. The summed E-state index contributed by atoms with van der Waals surface area (Å²) in [4.78, 5) is 15.9. The van der Waals surface area contributed by atoms with Crippen LogP contribution in [0.2, 0.25) is 5.02 Å². The summed E-state index contributed by atoms with van der Waals surface area (Å²) in [5.41, 5.74) is 2.72. The molecule has 2 aromatic carbocycles. The Bertz CT molecular complexity index is 1200. The first-order valence-corrected chi connectivity index (χ1v) is 8.64. The minimum absolute atomic E-state index is 0.0661. The molecule has 27 heavy (non-hydrogen) atoms. The highest BCUT2D eigenvalue weighted by Crippen LogP contribution is 2.31. The van der Waals surface area contributed by atoms with Crippen molar-refractivity contribution in [3.05, 3.63) is 74.9 Å². The lowest BCUT2D eigenvalue weighted by Crippen LogP contribution is -2.00. The first kappa shape index (κ1) is 17.3. The van der Waals surface area contributed by atoms with Crippen molar-refractivity contribution in [3.63, 3.8) is 0 Å². The van der Waals surface area contributed by atoms with Gasteiger partial charge >= 0.3 is 5.63 Å². The molecule has 0 aliphatic carbocycles.